The van der Waals surface area contributed by atoms with Crippen molar-refractivity contribution in [2.45, 2.75) is 276 Å². The zero-order valence-corrected chi connectivity index (χ0v) is 74.6. The average molecular weight is 1800 g/mol. The zero-order chi connectivity index (χ0) is 78.5. The summed E-state index contributed by atoms with van der Waals surface area (Å²) < 4.78 is 48.7. The minimum Gasteiger partial charge on any atom is -1.00 e. The van der Waals surface area contributed by atoms with Crippen LogP contribution in [0.4, 0.5) is 0 Å². The number of rotatable bonds is 10. The van der Waals surface area contributed by atoms with Crippen molar-refractivity contribution in [1.82, 2.24) is 0 Å². The fraction of sp³-hybridized carbons (Fsp3) is 0.663. The number of quaternary nitrogens is 4. The van der Waals surface area contributed by atoms with Gasteiger partial charge in [0.25, 0.3) is 16.6 Å². The first-order valence-electron chi connectivity index (χ1n) is 41.3. The Hall–Kier alpha value is -4.10. The Bertz CT molecular complexity index is 4910. The molecule has 0 radical (unpaired) electrons. The summed E-state index contributed by atoms with van der Waals surface area (Å²) in [6.07, 6.45) is 19.3. The molecule has 32 heteroatoms. The number of nitrogens with one attached hydrogen (secondary N) is 1. The maximum atomic E-state index is 12.8. The number of ether oxygens (including phenoxy) is 4. The third-order valence-electron chi connectivity index (χ3n) is 35.8. The van der Waals surface area contributed by atoms with Crippen LogP contribution in [0.3, 0.4) is 0 Å². The van der Waals surface area contributed by atoms with Gasteiger partial charge in [0.1, 0.15) is 28.2 Å². The maximum absolute atomic E-state index is 12.8. The molecule has 12 unspecified atom stereocenters. The summed E-state index contributed by atoms with van der Waals surface area (Å²) in [5.74, 6) is 5.49. The van der Waals surface area contributed by atoms with E-state index >= 15 is 0 Å². The normalized spacial score (nSPS) is 45.6. The molecular weight excluding hydrogens is 1690 g/mol. The molecule has 12 saturated carbocycles. The number of phenolic OH excluding ortho intramolecular Hbond substituents is 3. The van der Waals surface area contributed by atoms with Crippen LogP contribution in [-0.4, -0.2) is 234 Å². The Morgan fingerprint density at radius 3 is 1.09 bits per heavy atom. The van der Waals surface area contributed by atoms with Crippen LogP contribution in [0.1, 0.15) is 182 Å². The second-order valence-corrected chi connectivity index (χ2v) is 42.1. The summed E-state index contributed by atoms with van der Waals surface area (Å²) in [4.78, 5) is 63.9. The van der Waals surface area contributed by atoms with Crippen LogP contribution in [0.5, 0.6) is 46.0 Å². The number of likely N-dealkylation sites (N-methyl/N-ethyl adjacent to an activating group) is 3. The molecule has 4 aromatic rings. The van der Waals surface area contributed by atoms with Gasteiger partial charge in [-0.15, -0.1) is 0 Å². The minimum atomic E-state index is -3.72. The standard InChI is InChI=1S/3C21H23NO4.C20H21NO4.CH4O4S.CH2O3.CH4.2BrH.2Na.H/c3*1-22(9-11-2-3-11)18-19(22)8-12-4-5-13(23)16-15(12)20(10-19)17(26-16)14(24)6-7-21(18,20)25;22-12-4-3-11-7-18-9-19-14(11)15(12)25-16(19)13(23)5-6-20(19,24)17(18)21(18)8-10-1-2-10;1-6(3,4)5-2;2-1-4-3;;;;;;/h3*4-5,11,17-18,25H,2-3,6-10H2,1H3;3-4,10,16-17,22,24H,1-2,5-9H2;2H,1H3;1,3H;1H4;2*1H;;;/q;;;;;;;;;2*+1;-1/p-1/t3*17?,18-,19?,20+,21-,22?;16?,17-,18?,19+,20-,21?;;;;;;;;/m1111......../s1. The summed E-state index contributed by atoms with van der Waals surface area (Å²) in [6.45, 7) is 4.44. The molecular formula is C86H102Br2N4Na2O23S. The van der Waals surface area contributed by atoms with Gasteiger partial charge in [0.15, 0.2) is 128 Å². The van der Waals surface area contributed by atoms with Gasteiger partial charge in [-0.2, -0.15) is 0 Å². The largest absolute Gasteiger partial charge is 1.00 e. The molecule has 27 nitrogen and oxygen atoms in total. The summed E-state index contributed by atoms with van der Waals surface area (Å²) in [5, 5.41) is 109. The van der Waals surface area contributed by atoms with E-state index in [1.165, 1.54) is 74.6 Å². The molecule has 24 aliphatic rings. The number of hydrogen-bond donors (Lipinski definition) is 8. The fourth-order valence-electron chi connectivity index (χ4n) is 31.7. The van der Waals surface area contributed by atoms with Crippen molar-refractivity contribution < 1.29 is 225 Å². The number of nitrogens with zero attached hydrogens (tertiary/aromatic N) is 3. The summed E-state index contributed by atoms with van der Waals surface area (Å²) >= 11 is 0. The number of aliphatic hydroxyl groups is 4. The van der Waals surface area contributed by atoms with Gasteiger partial charge in [0.2, 0.25) is 0 Å². The minimum absolute atomic E-state index is 0. The van der Waals surface area contributed by atoms with E-state index in [-0.39, 0.29) is 201 Å². The average Bonchev–Trinajstić information content (AvgIpc) is 1.44. The zero-order valence-electron chi connectivity index (χ0n) is 67.6. The predicted molar refractivity (Wildman–Crippen MR) is 392 cm³/mol. The molecule has 8 aliphatic heterocycles. The first-order chi connectivity index (χ1) is 53.6. The maximum Gasteiger partial charge on any atom is 1.00 e. The molecule has 8 bridgehead atoms. The van der Waals surface area contributed by atoms with Crippen molar-refractivity contribution in [3.05, 3.63) is 93.0 Å². The molecule has 118 heavy (non-hydrogen) atoms. The number of Topliss-reactive ketones (excluding diaryl/α,β-unsaturated/α-hetero) is 4. The number of phenols is 3. The van der Waals surface area contributed by atoms with Crippen LogP contribution in [-0.2, 0) is 90.7 Å². The number of benzene rings is 4. The van der Waals surface area contributed by atoms with Gasteiger partial charge in [-0.3, -0.25) is 24.0 Å². The number of carbonyl (C=O) groups is 5. The topological polar surface area (TPSA) is 390 Å². The first kappa shape index (κ1) is 84.7. The Balaban J connectivity index is 0.000000107. The summed E-state index contributed by atoms with van der Waals surface area (Å²) in [7, 11) is 3.27. The molecule has 626 valence electrons. The number of carbonyl (C=O) groups excluding carboxylic acids is 5. The van der Waals surface area contributed by atoms with Crippen molar-refractivity contribution in [3.8, 4) is 46.0 Å². The van der Waals surface area contributed by atoms with E-state index in [1.54, 1.807) is 29.2 Å². The van der Waals surface area contributed by atoms with Crippen LogP contribution in [0.15, 0.2) is 48.5 Å². The second kappa shape index (κ2) is 25.8. The molecule has 0 amide bonds. The van der Waals surface area contributed by atoms with Crippen LogP contribution in [0.2, 0.25) is 0 Å². The van der Waals surface area contributed by atoms with Crippen LogP contribution < -0.4 is 133 Å². The quantitative estimate of drug-likeness (QED) is 0.0182. The molecule has 24 atom stereocenters. The Labute approximate surface area is 750 Å². The molecule has 8 heterocycles. The third-order valence-corrected chi connectivity index (χ3v) is 36.0. The molecule has 16 aliphatic carbocycles. The van der Waals surface area contributed by atoms with Gasteiger partial charge < -0.3 is 133 Å². The first-order valence-corrected chi connectivity index (χ1v) is 43.1. The van der Waals surface area contributed by atoms with E-state index in [1.807, 2.05) is 24.3 Å². The van der Waals surface area contributed by atoms with E-state index in [4.69, 9.17) is 34.3 Å². The van der Waals surface area contributed by atoms with Gasteiger partial charge in [0.05, 0.1) is 75.2 Å². The van der Waals surface area contributed by atoms with Gasteiger partial charge in [-0.1, -0.05) is 43.5 Å². The number of halogens is 2. The van der Waals surface area contributed by atoms with Crippen LogP contribution in [0.25, 0.3) is 0 Å². The number of likely N-dealkylation sites (tertiary alicyclic amines) is 4. The SMILES string of the molecule is C.CS(=O)(=O)O[O-].C[N+]1(CC2CC2)[C@@H]2C13Cc1ccc(O)c4c1[C@@]1(C3)C(O4)C(=O)CC[C@@]21O.C[N+]1(CC2CC2)[C@@H]2C13Cc1ccc(O)c4c1[C@@]1(C3)C(O4)C(=O)CC[C@@]21O.C[N+]1(CC2CC2)[C@@H]2C13Cc1ccc([O-])c4c1[C@@]1(C3)C(O4)C(=O)CC[C@@]21O.O=C1CC[C@@]2(O)[C@@H]3[NH+](CC4CC4)C34Cc3ccc(O)c5c3[C@@]2(C4)C1O5.O=CO[O-].[Br-].[Br-].[H-].[Na+].[Na+]. The van der Waals surface area contributed by atoms with Gasteiger partial charge in [-0.05, 0) is 118 Å². The smallest absolute Gasteiger partial charge is 1.00 e. The van der Waals surface area contributed by atoms with E-state index < -0.39 is 78.6 Å². The van der Waals surface area contributed by atoms with Crippen LogP contribution in [0, 0.1) is 23.7 Å². The molecule has 4 aromatic carbocycles. The predicted octanol–water partition coefficient (Wildman–Crippen LogP) is -11.1. The molecule has 8 N–H and O–H groups in total. The van der Waals surface area contributed by atoms with Gasteiger partial charge in [-0.25, -0.2) is 8.42 Å². The van der Waals surface area contributed by atoms with Crippen LogP contribution >= 0.6 is 0 Å². The monoisotopic (exact) mass is 1790 g/mol. The van der Waals surface area contributed by atoms with E-state index in [0.717, 1.165) is 136 Å². The van der Waals surface area contributed by atoms with Gasteiger partial charge in [0, 0.05) is 123 Å². The molecule has 0 aromatic heterocycles. The van der Waals surface area contributed by atoms with Crippen molar-refractivity contribution in [1.29, 1.82) is 0 Å². The second-order valence-electron chi connectivity index (χ2n) is 40.6. The van der Waals surface area contributed by atoms with Crippen molar-refractivity contribution >= 4 is 39.7 Å². The van der Waals surface area contributed by atoms with E-state index in [0.29, 0.717) is 80.6 Å². The number of hydrogen-bond acceptors (Lipinski definition) is 23. The van der Waals surface area contributed by atoms with Crippen molar-refractivity contribution in [2.24, 2.45) is 23.7 Å². The Kier molecular flexibility index (Phi) is 18.6. The molecule has 4 saturated heterocycles. The fourth-order valence-corrected chi connectivity index (χ4v) is 31.7. The molecule has 16 fully saturated rings. The van der Waals surface area contributed by atoms with Crippen molar-refractivity contribution in [2.75, 3.05) is 53.6 Å². The number of piperidine rings is 4. The van der Waals surface area contributed by atoms with E-state index in [2.05, 4.69) is 30.4 Å². The summed E-state index contributed by atoms with van der Waals surface area (Å²) in [5.41, 5.74) is 2.40. The molecule has 8 spiro atoms. The third kappa shape index (κ3) is 9.64. The summed E-state index contributed by atoms with van der Waals surface area (Å²) in [6, 6.07) is 15.4. The Morgan fingerprint density at radius 2 is 0.780 bits per heavy atom. The number of aromatic hydroxyl groups is 3. The Morgan fingerprint density at radius 1 is 0.492 bits per heavy atom. The van der Waals surface area contributed by atoms with Crippen molar-refractivity contribution in [3.63, 3.8) is 0 Å². The van der Waals surface area contributed by atoms with Gasteiger partial charge >= 0.3 is 59.1 Å². The molecule has 28 rings (SSSR count). The number of ketones is 4. The van der Waals surface area contributed by atoms with E-state index in [9.17, 15) is 68.4 Å². The number of fused-ring (bicyclic) bond motifs is 4.